The minimum absolute atomic E-state index is 0.440. The Labute approximate surface area is 204 Å². The molecule has 1 atom stereocenters. The molecule has 184 valence electrons. The van der Waals surface area contributed by atoms with E-state index in [1.165, 1.54) is 10.9 Å². The second kappa shape index (κ2) is 13.2. The number of hydrogen-bond acceptors (Lipinski definition) is 6. The van der Waals surface area contributed by atoms with E-state index in [9.17, 15) is 14.7 Å². The summed E-state index contributed by atoms with van der Waals surface area (Å²) >= 11 is 0. The number of carboxylic acids is 2. The smallest absolute Gasteiger partial charge is 0.328 e. The lowest BCUT2D eigenvalue weighted by Gasteiger charge is -2.35. The van der Waals surface area contributed by atoms with E-state index in [1.54, 1.807) is 0 Å². The lowest BCUT2D eigenvalue weighted by Crippen LogP contribution is -2.41. The van der Waals surface area contributed by atoms with Crippen LogP contribution in [-0.2, 0) is 9.59 Å². The molecule has 4 rings (SSSR count). The molecule has 0 aliphatic carbocycles. The van der Waals surface area contributed by atoms with Crippen molar-refractivity contribution < 1.29 is 29.6 Å². The molecule has 0 amide bonds. The van der Waals surface area contributed by atoms with Crippen molar-refractivity contribution in [3.05, 3.63) is 84.6 Å². The van der Waals surface area contributed by atoms with E-state index in [1.807, 2.05) is 42.6 Å². The SMILES string of the molecule is O=C(O)/C=C\C(=O)O.O[C@@H](CCOc1ccccc1)N1CCC(c2cnc3ccccc3c2)CC1. The molecule has 3 aromatic rings. The van der Waals surface area contributed by atoms with Crippen molar-refractivity contribution in [1.82, 2.24) is 9.88 Å². The van der Waals surface area contributed by atoms with E-state index in [2.05, 4.69) is 34.1 Å². The number of ether oxygens (including phenoxy) is 1. The zero-order valence-corrected chi connectivity index (χ0v) is 19.4. The molecule has 8 heteroatoms. The normalized spacial score (nSPS) is 15.3. The zero-order chi connectivity index (χ0) is 25.0. The van der Waals surface area contributed by atoms with Crippen LogP contribution in [0.3, 0.4) is 0 Å². The maximum absolute atomic E-state index is 10.5. The van der Waals surface area contributed by atoms with Gasteiger partial charge in [0.05, 0.1) is 12.1 Å². The van der Waals surface area contributed by atoms with Gasteiger partial charge < -0.3 is 20.1 Å². The van der Waals surface area contributed by atoms with Crippen molar-refractivity contribution >= 4 is 22.8 Å². The van der Waals surface area contributed by atoms with Gasteiger partial charge in [0.1, 0.15) is 12.0 Å². The fraction of sp³-hybridized carbons (Fsp3) is 0.296. The Bertz CT molecular complexity index is 1110. The number of hydrogen-bond donors (Lipinski definition) is 3. The Morgan fingerprint density at radius 2 is 1.63 bits per heavy atom. The van der Waals surface area contributed by atoms with Crippen molar-refractivity contribution in [2.45, 2.75) is 31.4 Å². The number of pyridine rings is 1. The van der Waals surface area contributed by atoms with E-state index in [0.29, 0.717) is 31.1 Å². The van der Waals surface area contributed by atoms with Crippen LogP contribution in [0.15, 0.2) is 79.0 Å². The molecular formula is C27H30N2O6. The van der Waals surface area contributed by atoms with Crippen LogP contribution in [0.4, 0.5) is 0 Å². The highest BCUT2D eigenvalue weighted by Gasteiger charge is 2.25. The van der Waals surface area contributed by atoms with Crippen LogP contribution in [0.2, 0.25) is 0 Å². The average molecular weight is 479 g/mol. The monoisotopic (exact) mass is 478 g/mol. The number of aliphatic carboxylic acids is 2. The van der Waals surface area contributed by atoms with Crippen LogP contribution in [0, 0.1) is 0 Å². The largest absolute Gasteiger partial charge is 0.493 e. The third kappa shape index (κ3) is 8.51. The summed E-state index contributed by atoms with van der Waals surface area (Å²) in [6.07, 6.45) is 5.42. The number of aliphatic hydroxyl groups excluding tert-OH is 1. The number of para-hydroxylation sites is 2. The molecule has 0 spiro atoms. The summed E-state index contributed by atoms with van der Waals surface area (Å²) in [7, 11) is 0. The molecule has 2 heterocycles. The third-order valence-corrected chi connectivity index (χ3v) is 5.79. The maximum atomic E-state index is 10.5. The number of carboxylic acid groups (broad SMARTS) is 2. The van der Waals surface area contributed by atoms with E-state index in [-0.39, 0.29) is 0 Å². The minimum Gasteiger partial charge on any atom is -0.493 e. The Balaban J connectivity index is 0.000000371. The third-order valence-electron chi connectivity index (χ3n) is 5.79. The van der Waals surface area contributed by atoms with Crippen molar-refractivity contribution in [2.24, 2.45) is 0 Å². The Hall–Kier alpha value is -3.75. The molecule has 0 bridgehead atoms. The molecular weight excluding hydrogens is 448 g/mol. The predicted octanol–water partition coefficient (Wildman–Crippen LogP) is 3.91. The number of piperidine rings is 1. The van der Waals surface area contributed by atoms with Gasteiger partial charge in [0, 0.05) is 43.2 Å². The molecule has 3 N–H and O–H groups in total. The summed E-state index contributed by atoms with van der Waals surface area (Å²) in [6, 6.07) is 20.3. The maximum Gasteiger partial charge on any atom is 0.328 e. The highest BCUT2D eigenvalue weighted by Crippen LogP contribution is 2.30. The molecule has 1 aliphatic rings. The lowest BCUT2D eigenvalue weighted by molar-refractivity contribution is -0.134. The summed E-state index contributed by atoms with van der Waals surface area (Å²) in [5.74, 6) is -1.14. The van der Waals surface area contributed by atoms with Crippen molar-refractivity contribution in [3.63, 3.8) is 0 Å². The summed E-state index contributed by atoms with van der Waals surface area (Å²) in [5, 5.41) is 27.3. The van der Waals surface area contributed by atoms with Gasteiger partial charge in [-0.15, -0.1) is 0 Å². The van der Waals surface area contributed by atoms with E-state index < -0.39 is 18.2 Å². The van der Waals surface area contributed by atoms with E-state index >= 15 is 0 Å². The Morgan fingerprint density at radius 1 is 1.00 bits per heavy atom. The van der Waals surface area contributed by atoms with Crippen LogP contribution in [-0.4, -0.2) is 63.1 Å². The Morgan fingerprint density at radius 3 is 2.29 bits per heavy atom. The molecule has 0 radical (unpaired) electrons. The van der Waals surface area contributed by atoms with Crippen LogP contribution in [0.5, 0.6) is 5.75 Å². The summed E-state index contributed by atoms with van der Waals surface area (Å²) < 4.78 is 5.70. The Kier molecular flexibility index (Phi) is 9.77. The zero-order valence-electron chi connectivity index (χ0n) is 19.4. The van der Waals surface area contributed by atoms with Crippen LogP contribution in [0.1, 0.15) is 30.7 Å². The first-order chi connectivity index (χ1) is 16.9. The molecule has 2 aromatic carbocycles. The number of aliphatic hydroxyl groups is 1. The van der Waals surface area contributed by atoms with E-state index in [0.717, 1.165) is 37.2 Å². The fourth-order valence-electron chi connectivity index (χ4n) is 3.97. The molecule has 1 saturated heterocycles. The number of aromatic nitrogens is 1. The van der Waals surface area contributed by atoms with Crippen LogP contribution in [0.25, 0.3) is 10.9 Å². The van der Waals surface area contributed by atoms with Gasteiger partial charge in [0.25, 0.3) is 0 Å². The molecule has 8 nitrogen and oxygen atoms in total. The quantitative estimate of drug-likeness (QED) is 0.417. The van der Waals surface area contributed by atoms with Crippen molar-refractivity contribution in [1.29, 1.82) is 0 Å². The van der Waals surface area contributed by atoms with Gasteiger partial charge in [0.15, 0.2) is 0 Å². The molecule has 1 fully saturated rings. The number of nitrogens with zero attached hydrogens (tertiary/aromatic N) is 2. The van der Waals surface area contributed by atoms with E-state index in [4.69, 9.17) is 14.9 Å². The number of rotatable bonds is 8. The number of fused-ring (bicyclic) bond motifs is 1. The second-order valence-corrected chi connectivity index (χ2v) is 8.21. The summed E-state index contributed by atoms with van der Waals surface area (Å²) in [6.45, 7) is 2.34. The minimum atomic E-state index is -1.26. The number of benzene rings is 2. The molecule has 0 unspecified atom stereocenters. The number of carbonyl (C=O) groups is 2. The van der Waals surface area contributed by atoms with Crippen molar-refractivity contribution in [3.8, 4) is 5.75 Å². The first kappa shape index (κ1) is 25.9. The molecule has 0 saturated carbocycles. The summed E-state index contributed by atoms with van der Waals surface area (Å²) in [4.78, 5) is 25.9. The molecule has 1 aromatic heterocycles. The first-order valence-corrected chi connectivity index (χ1v) is 11.5. The van der Waals surface area contributed by atoms with Gasteiger partial charge in [-0.05, 0) is 48.6 Å². The van der Waals surface area contributed by atoms with Crippen LogP contribution < -0.4 is 4.74 Å². The lowest BCUT2D eigenvalue weighted by atomic mass is 9.89. The van der Waals surface area contributed by atoms with Gasteiger partial charge >= 0.3 is 11.9 Å². The predicted molar refractivity (Wildman–Crippen MR) is 132 cm³/mol. The van der Waals surface area contributed by atoms with Gasteiger partial charge in [-0.2, -0.15) is 0 Å². The standard InChI is InChI=1S/C23H26N2O2.C4H4O4/c26-23(12-15-27-21-7-2-1-3-8-21)25-13-10-18(11-14-25)20-16-19-6-4-5-9-22(19)24-17-20;5-3(6)1-2-4(7)8/h1-9,16-18,23,26H,10-15H2;1-2H,(H,5,6)(H,7,8)/b;2-1-/t23-;/m0./s1. The first-order valence-electron chi connectivity index (χ1n) is 11.5. The highest BCUT2D eigenvalue weighted by molar-refractivity contribution is 5.89. The van der Waals surface area contributed by atoms with Gasteiger partial charge in [-0.1, -0.05) is 36.4 Å². The van der Waals surface area contributed by atoms with Gasteiger partial charge in [-0.3, -0.25) is 9.88 Å². The topological polar surface area (TPSA) is 120 Å². The fourth-order valence-corrected chi connectivity index (χ4v) is 3.97. The molecule has 35 heavy (non-hydrogen) atoms. The second-order valence-electron chi connectivity index (χ2n) is 8.21. The molecule has 1 aliphatic heterocycles. The highest BCUT2D eigenvalue weighted by atomic mass is 16.5. The van der Waals surface area contributed by atoms with Crippen LogP contribution >= 0.6 is 0 Å². The number of likely N-dealkylation sites (tertiary alicyclic amines) is 1. The van der Waals surface area contributed by atoms with Crippen molar-refractivity contribution in [2.75, 3.05) is 19.7 Å². The van der Waals surface area contributed by atoms with Gasteiger partial charge in [0.2, 0.25) is 0 Å². The summed E-state index contributed by atoms with van der Waals surface area (Å²) in [5.41, 5.74) is 2.36. The van der Waals surface area contributed by atoms with Gasteiger partial charge in [-0.25, -0.2) is 9.59 Å². The average Bonchev–Trinajstić information content (AvgIpc) is 2.88.